The average molecular weight is 343 g/mol. The van der Waals surface area contributed by atoms with Gasteiger partial charge in [-0.15, -0.1) is 10.2 Å². The van der Waals surface area contributed by atoms with Gasteiger partial charge >= 0.3 is 0 Å². The molecule has 4 rings (SSSR count). The molecule has 3 heterocycles. The lowest BCUT2D eigenvalue weighted by atomic mass is 9.90. The van der Waals surface area contributed by atoms with Crippen molar-refractivity contribution in [1.82, 2.24) is 15.1 Å². The second-order valence-electron chi connectivity index (χ2n) is 6.48. The fourth-order valence-electron chi connectivity index (χ4n) is 3.65. The Bertz CT molecular complexity index is 788. The highest BCUT2D eigenvalue weighted by Crippen LogP contribution is 2.40. The Morgan fingerprint density at radius 2 is 2.08 bits per heavy atom. The van der Waals surface area contributed by atoms with E-state index in [2.05, 4.69) is 10.2 Å². The van der Waals surface area contributed by atoms with Gasteiger partial charge in [0.1, 0.15) is 13.2 Å². The summed E-state index contributed by atoms with van der Waals surface area (Å²) < 4.78 is 17.3. The molecule has 2 atom stereocenters. The zero-order chi connectivity index (χ0) is 17.4. The topological polar surface area (TPSA) is 77.7 Å². The molecule has 0 unspecified atom stereocenters. The third-order valence-corrected chi connectivity index (χ3v) is 4.95. The van der Waals surface area contributed by atoms with Crippen molar-refractivity contribution in [2.75, 3.05) is 19.8 Å². The lowest BCUT2D eigenvalue weighted by Gasteiger charge is -2.37. The summed E-state index contributed by atoms with van der Waals surface area (Å²) in [7, 11) is 0. The molecular weight excluding hydrogens is 322 g/mol. The Balaban J connectivity index is 1.64. The van der Waals surface area contributed by atoms with E-state index in [1.807, 2.05) is 30.0 Å². The fraction of sp³-hybridized carbons (Fsp3) is 0.500. The van der Waals surface area contributed by atoms with Gasteiger partial charge in [-0.1, -0.05) is 6.07 Å². The molecule has 1 amide bonds. The minimum absolute atomic E-state index is 0.0452. The van der Waals surface area contributed by atoms with E-state index >= 15 is 0 Å². The molecule has 7 heteroatoms. The predicted octanol–water partition coefficient (Wildman–Crippen LogP) is 2.62. The average Bonchev–Trinajstić information content (AvgIpc) is 3.11. The molecule has 1 saturated heterocycles. The monoisotopic (exact) mass is 343 g/mol. The minimum Gasteiger partial charge on any atom is -0.486 e. The maximum atomic E-state index is 11.8. The first kappa shape index (κ1) is 15.9. The van der Waals surface area contributed by atoms with E-state index in [-0.39, 0.29) is 17.9 Å². The molecule has 1 fully saturated rings. The normalized spacial score (nSPS) is 22.7. The highest BCUT2D eigenvalue weighted by Gasteiger charge is 2.34. The Morgan fingerprint density at radius 1 is 1.24 bits per heavy atom. The summed E-state index contributed by atoms with van der Waals surface area (Å²) in [6.45, 7) is 5.46. The van der Waals surface area contributed by atoms with Gasteiger partial charge in [0.2, 0.25) is 11.8 Å². The molecule has 25 heavy (non-hydrogen) atoms. The first-order valence-electron chi connectivity index (χ1n) is 8.64. The summed E-state index contributed by atoms with van der Waals surface area (Å²) in [5.41, 5.74) is 0.739. The van der Waals surface area contributed by atoms with E-state index in [4.69, 9.17) is 13.9 Å². The van der Waals surface area contributed by atoms with Gasteiger partial charge in [-0.3, -0.25) is 4.79 Å². The van der Waals surface area contributed by atoms with Gasteiger partial charge in [-0.25, -0.2) is 0 Å². The van der Waals surface area contributed by atoms with E-state index in [0.29, 0.717) is 36.5 Å². The molecule has 0 bridgehead atoms. The number of carbonyl (C=O) groups is 1. The Labute approximate surface area is 145 Å². The summed E-state index contributed by atoms with van der Waals surface area (Å²) in [5.74, 6) is 2.46. The predicted molar refractivity (Wildman–Crippen MR) is 89.5 cm³/mol. The number of benzene rings is 1. The number of rotatable bonds is 2. The maximum absolute atomic E-state index is 11.8. The molecule has 0 N–H and O–H groups in total. The van der Waals surface area contributed by atoms with Gasteiger partial charge in [0.05, 0.1) is 11.5 Å². The Hall–Kier alpha value is -2.57. The SMILES string of the molecule is CC(=O)N1CCC[C@H](c2nnc(-c3cccc4c3OCCO4)o2)[C@@H]1C. The number of nitrogens with zero attached hydrogens (tertiary/aromatic N) is 3. The van der Waals surface area contributed by atoms with Crippen molar-refractivity contribution >= 4 is 5.91 Å². The smallest absolute Gasteiger partial charge is 0.251 e. The van der Waals surface area contributed by atoms with Crippen molar-refractivity contribution in [2.24, 2.45) is 0 Å². The quantitative estimate of drug-likeness (QED) is 0.834. The van der Waals surface area contributed by atoms with E-state index in [1.165, 1.54) is 0 Å². The van der Waals surface area contributed by atoms with Crippen molar-refractivity contribution in [1.29, 1.82) is 0 Å². The van der Waals surface area contributed by atoms with Crippen LogP contribution in [0.2, 0.25) is 0 Å². The fourth-order valence-corrected chi connectivity index (χ4v) is 3.65. The zero-order valence-electron chi connectivity index (χ0n) is 14.4. The van der Waals surface area contributed by atoms with E-state index in [9.17, 15) is 4.79 Å². The first-order valence-corrected chi connectivity index (χ1v) is 8.64. The summed E-state index contributed by atoms with van der Waals surface area (Å²) >= 11 is 0. The molecule has 132 valence electrons. The van der Waals surface area contributed by atoms with Crippen LogP contribution in [0.15, 0.2) is 22.6 Å². The van der Waals surface area contributed by atoms with E-state index in [1.54, 1.807) is 6.92 Å². The van der Waals surface area contributed by atoms with Gasteiger partial charge in [-0.05, 0) is 31.9 Å². The van der Waals surface area contributed by atoms with Crippen LogP contribution in [0.3, 0.4) is 0 Å². The van der Waals surface area contributed by atoms with Crippen LogP contribution in [0.4, 0.5) is 0 Å². The second-order valence-corrected chi connectivity index (χ2v) is 6.48. The highest BCUT2D eigenvalue weighted by atomic mass is 16.6. The largest absolute Gasteiger partial charge is 0.486 e. The molecule has 2 aliphatic rings. The molecule has 7 nitrogen and oxygen atoms in total. The number of fused-ring (bicyclic) bond motifs is 1. The highest BCUT2D eigenvalue weighted by molar-refractivity contribution is 5.73. The van der Waals surface area contributed by atoms with E-state index < -0.39 is 0 Å². The lowest BCUT2D eigenvalue weighted by molar-refractivity contribution is -0.132. The van der Waals surface area contributed by atoms with Crippen molar-refractivity contribution in [3.05, 3.63) is 24.1 Å². The van der Waals surface area contributed by atoms with Crippen LogP contribution in [0.1, 0.15) is 38.5 Å². The Morgan fingerprint density at radius 3 is 2.92 bits per heavy atom. The third-order valence-electron chi connectivity index (χ3n) is 4.95. The molecule has 1 aromatic heterocycles. The Kier molecular flexibility index (Phi) is 4.07. The minimum atomic E-state index is 0.0452. The van der Waals surface area contributed by atoms with Gasteiger partial charge in [0, 0.05) is 19.5 Å². The number of ether oxygens (including phenoxy) is 2. The van der Waals surface area contributed by atoms with Crippen LogP contribution in [0, 0.1) is 0 Å². The van der Waals surface area contributed by atoms with Crippen LogP contribution in [0.25, 0.3) is 11.5 Å². The number of aromatic nitrogens is 2. The van der Waals surface area contributed by atoms with Crippen LogP contribution in [-0.4, -0.2) is 46.8 Å². The number of hydrogen-bond donors (Lipinski definition) is 0. The standard InChI is InChI=1S/C18H21N3O4/c1-11-13(6-4-8-21(11)12(2)22)17-19-20-18(25-17)14-5-3-7-15-16(14)24-10-9-23-15/h3,5,7,11,13H,4,6,8-10H2,1-2H3/t11-,13-/m0/s1. The van der Waals surface area contributed by atoms with Crippen molar-refractivity contribution < 1.29 is 18.7 Å². The van der Waals surface area contributed by atoms with Gasteiger partial charge in [0.25, 0.3) is 5.89 Å². The number of carbonyl (C=O) groups excluding carboxylic acids is 1. The molecule has 0 aliphatic carbocycles. The number of piperidine rings is 1. The molecule has 0 saturated carbocycles. The summed E-state index contributed by atoms with van der Waals surface area (Å²) in [6, 6.07) is 5.68. The molecule has 2 aliphatic heterocycles. The summed E-state index contributed by atoms with van der Waals surface area (Å²) in [4.78, 5) is 13.7. The number of para-hydroxylation sites is 1. The van der Waals surface area contributed by atoms with Crippen molar-refractivity contribution in [3.8, 4) is 23.0 Å². The lowest BCUT2D eigenvalue weighted by Crippen LogP contribution is -2.44. The van der Waals surface area contributed by atoms with Crippen LogP contribution in [0.5, 0.6) is 11.5 Å². The number of amides is 1. The van der Waals surface area contributed by atoms with Crippen molar-refractivity contribution in [2.45, 2.75) is 38.6 Å². The maximum Gasteiger partial charge on any atom is 0.251 e. The van der Waals surface area contributed by atoms with Crippen LogP contribution in [-0.2, 0) is 4.79 Å². The molecule has 0 radical (unpaired) electrons. The third kappa shape index (κ3) is 2.83. The van der Waals surface area contributed by atoms with E-state index in [0.717, 1.165) is 24.9 Å². The second kappa shape index (κ2) is 6.38. The number of likely N-dealkylation sites (tertiary alicyclic amines) is 1. The van der Waals surface area contributed by atoms with Gasteiger partial charge < -0.3 is 18.8 Å². The molecule has 0 spiro atoms. The summed E-state index contributed by atoms with van der Waals surface area (Å²) in [6.07, 6.45) is 1.86. The molecule has 1 aromatic carbocycles. The molecular formula is C18H21N3O4. The summed E-state index contributed by atoms with van der Waals surface area (Å²) in [5, 5.41) is 8.48. The van der Waals surface area contributed by atoms with Crippen LogP contribution >= 0.6 is 0 Å². The molecule has 2 aromatic rings. The number of hydrogen-bond acceptors (Lipinski definition) is 6. The van der Waals surface area contributed by atoms with Crippen LogP contribution < -0.4 is 9.47 Å². The zero-order valence-corrected chi connectivity index (χ0v) is 14.4. The van der Waals surface area contributed by atoms with Gasteiger partial charge in [-0.2, -0.15) is 0 Å². The first-order chi connectivity index (χ1) is 12.1. The van der Waals surface area contributed by atoms with Crippen molar-refractivity contribution in [3.63, 3.8) is 0 Å². The van der Waals surface area contributed by atoms with Gasteiger partial charge in [0.15, 0.2) is 11.5 Å².